The second-order valence-corrected chi connectivity index (χ2v) is 5.25. The second kappa shape index (κ2) is 5.99. The highest BCUT2D eigenvalue weighted by Gasteiger charge is 2.30. The number of hydrogen-bond acceptors (Lipinski definition) is 1. The van der Waals surface area contributed by atoms with E-state index in [1.54, 1.807) is 0 Å². The minimum Gasteiger partial charge on any atom is -0.487 e. The van der Waals surface area contributed by atoms with E-state index in [9.17, 15) is 13.2 Å². The maximum absolute atomic E-state index is 12.5. The molecule has 5 heteroatoms. The van der Waals surface area contributed by atoms with Gasteiger partial charge in [-0.3, -0.25) is 0 Å². The fourth-order valence-electron chi connectivity index (χ4n) is 2.66. The summed E-state index contributed by atoms with van der Waals surface area (Å²) in [6.07, 6.45) is -4.33. The quantitative estimate of drug-likeness (QED) is 0.640. The first-order valence-electron chi connectivity index (χ1n) is 7.36. The molecule has 0 bridgehead atoms. The highest BCUT2D eigenvalue weighted by atomic mass is 19.4. The lowest BCUT2D eigenvalue weighted by Crippen LogP contribution is -2.06. The summed E-state index contributed by atoms with van der Waals surface area (Å²) in [5, 5.41) is 1.13. The molecule has 0 aliphatic heterocycles. The van der Waals surface area contributed by atoms with Gasteiger partial charge in [-0.2, -0.15) is 13.2 Å². The molecule has 0 saturated carbocycles. The Morgan fingerprint density at radius 2 is 1.70 bits per heavy atom. The molecule has 0 N–H and O–H groups in total. The van der Waals surface area contributed by atoms with E-state index in [0.717, 1.165) is 35.3 Å². The molecule has 0 aliphatic carbocycles. The van der Waals surface area contributed by atoms with Crippen LogP contribution in [0.5, 0.6) is 5.75 Å². The number of hydrogen-bond donors (Lipinski definition) is 0. The van der Waals surface area contributed by atoms with Crippen molar-refractivity contribution >= 4 is 10.9 Å². The molecule has 1 heterocycles. The van der Waals surface area contributed by atoms with Gasteiger partial charge >= 0.3 is 6.18 Å². The van der Waals surface area contributed by atoms with E-state index in [4.69, 9.17) is 4.74 Å². The van der Waals surface area contributed by atoms with E-state index >= 15 is 0 Å². The first-order chi connectivity index (χ1) is 11.0. The van der Waals surface area contributed by atoms with Crippen LogP contribution in [-0.2, 0) is 19.3 Å². The molecule has 2 aromatic carbocycles. The highest BCUT2D eigenvalue weighted by molar-refractivity contribution is 5.81. The fraction of sp³-hybridized carbons (Fsp3) is 0.222. The van der Waals surface area contributed by atoms with Crippen molar-refractivity contribution in [2.45, 2.75) is 26.3 Å². The van der Waals surface area contributed by atoms with Gasteiger partial charge in [-0.05, 0) is 48.7 Å². The number of halogens is 3. The maximum atomic E-state index is 12.5. The van der Waals surface area contributed by atoms with E-state index in [1.807, 2.05) is 37.3 Å². The Morgan fingerprint density at radius 3 is 2.35 bits per heavy atom. The van der Waals surface area contributed by atoms with Crippen LogP contribution in [0.25, 0.3) is 10.9 Å². The van der Waals surface area contributed by atoms with Crippen molar-refractivity contribution in [1.29, 1.82) is 0 Å². The Kier molecular flexibility index (Phi) is 4.03. The molecule has 120 valence electrons. The van der Waals surface area contributed by atoms with Crippen LogP contribution in [0.2, 0.25) is 0 Å². The van der Waals surface area contributed by atoms with Crippen LogP contribution in [0.15, 0.2) is 54.6 Å². The van der Waals surface area contributed by atoms with Crippen LogP contribution in [0.3, 0.4) is 0 Å². The van der Waals surface area contributed by atoms with Crippen LogP contribution >= 0.6 is 0 Å². The van der Waals surface area contributed by atoms with Crippen molar-refractivity contribution in [2.24, 2.45) is 0 Å². The molecule has 3 aromatic rings. The number of ether oxygens (including phenoxy) is 1. The van der Waals surface area contributed by atoms with E-state index in [1.165, 1.54) is 12.1 Å². The third-order valence-electron chi connectivity index (χ3n) is 3.78. The first kappa shape index (κ1) is 15.5. The van der Waals surface area contributed by atoms with Gasteiger partial charge in [-0.25, -0.2) is 0 Å². The molecule has 0 spiro atoms. The van der Waals surface area contributed by atoms with Crippen molar-refractivity contribution in [2.75, 3.05) is 0 Å². The van der Waals surface area contributed by atoms with Gasteiger partial charge < -0.3 is 9.30 Å². The third-order valence-corrected chi connectivity index (χ3v) is 3.78. The van der Waals surface area contributed by atoms with Crippen molar-refractivity contribution in [3.05, 3.63) is 65.9 Å². The molecule has 2 nitrogen and oxygen atoms in total. The lowest BCUT2D eigenvalue weighted by atomic mass is 10.2. The van der Waals surface area contributed by atoms with E-state index in [0.29, 0.717) is 12.4 Å². The average molecular weight is 319 g/mol. The Balaban J connectivity index is 1.78. The largest absolute Gasteiger partial charge is 0.487 e. The van der Waals surface area contributed by atoms with E-state index < -0.39 is 11.7 Å². The number of rotatable bonds is 4. The topological polar surface area (TPSA) is 14.2 Å². The summed E-state index contributed by atoms with van der Waals surface area (Å²) in [7, 11) is 0. The van der Waals surface area contributed by atoms with Gasteiger partial charge in [0.1, 0.15) is 12.4 Å². The van der Waals surface area contributed by atoms with Crippen molar-refractivity contribution in [1.82, 2.24) is 4.57 Å². The molecule has 23 heavy (non-hydrogen) atoms. The molecule has 1 aromatic heterocycles. The molecule has 0 atom stereocenters. The molecule has 0 amide bonds. The van der Waals surface area contributed by atoms with Crippen LogP contribution in [0.4, 0.5) is 13.2 Å². The van der Waals surface area contributed by atoms with Crippen molar-refractivity contribution in [3.63, 3.8) is 0 Å². The number of para-hydroxylation sites is 1. The van der Waals surface area contributed by atoms with Crippen LogP contribution in [-0.4, -0.2) is 4.57 Å². The summed E-state index contributed by atoms with van der Waals surface area (Å²) < 4.78 is 45.4. The maximum Gasteiger partial charge on any atom is 0.416 e. The molecular formula is C18H16F3NO. The van der Waals surface area contributed by atoms with Crippen LogP contribution in [0, 0.1) is 0 Å². The number of nitrogens with zero attached hydrogens (tertiary/aromatic N) is 1. The normalized spacial score (nSPS) is 11.8. The summed E-state index contributed by atoms with van der Waals surface area (Å²) in [6.45, 7) is 3.17. The standard InChI is InChI=1S/C18H16F3NO/c1-2-22-15(11-13-5-3-4-6-17(13)22)12-23-16-9-7-14(8-10-16)18(19,20)21/h3-11H,2,12H2,1H3. The van der Waals surface area contributed by atoms with Gasteiger partial charge in [0.05, 0.1) is 11.3 Å². The number of aryl methyl sites for hydroxylation is 1. The predicted molar refractivity (Wildman–Crippen MR) is 83.4 cm³/mol. The molecular weight excluding hydrogens is 303 g/mol. The number of benzene rings is 2. The third kappa shape index (κ3) is 3.18. The van der Waals surface area contributed by atoms with Crippen molar-refractivity contribution in [3.8, 4) is 5.75 Å². The highest BCUT2D eigenvalue weighted by Crippen LogP contribution is 2.30. The van der Waals surface area contributed by atoms with Gasteiger partial charge in [0.15, 0.2) is 0 Å². The zero-order valence-electron chi connectivity index (χ0n) is 12.6. The van der Waals surface area contributed by atoms with Crippen LogP contribution in [0.1, 0.15) is 18.2 Å². The van der Waals surface area contributed by atoms with E-state index in [-0.39, 0.29) is 0 Å². The zero-order chi connectivity index (χ0) is 16.4. The Hall–Kier alpha value is -2.43. The predicted octanol–water partition coefficient (Wildman–Crippen LogP) is 5.26. The lowest BCUT2D eigenvalue weighted by molar-refractivity contribution is -0.137. The van der Waals surface area contributed by atoms with Crippen molar-refractivity contribution < 1.29 is 17.9 Å². The first-order valence-corrected chi connectivity index (χ1v) is 7.36. The Bertz CT molecular complexity index is 803. The van der Waals surface area contributed by atoms with Gasteiger partial charge in [-0.15, -0.1) is 0 Å². The minimum absolute atomic E-state index is 0.313. The zero-order valence-corrected chi connectivity index (χ0v) is 12.6. The molecule has 0 aliphatic rings. The molecule has 3 rings (SSSR count). The van der Waals surface area contributed by atoms with Gasteiger partial charge in [-0.1, -0.05) is 18.2 Å². The van der Waals surface area contributed by atoms with Gasteiger partial charge in [0.2, 0.25) is 0 Å². The number of alkyl halides is 3. The Labute approximate surface area is 132 Å². The fourth-order valence-corrected chi connectivity index (χ4v) is 2.66. The molecule has 0 unspecified atom stereocenters. The Morgan fingerprint density at radius 1 is 1.00 bits per heavy atom. The van der Waals surface area contributed by atoms with Crippen LogP contribution < -0.4 is 4.74 Å². The lowest BCUT2D eigenvalue weighted by Gasteiger charge is -2.11. The second-order valence-electron chi connectivity index (χ2n) is 5.25. The average Bonchev–Trinajstić information content (AvgIpc) is 2.90. The molecule has 0 fully saturated rings. The summed E-state index contributed by atoms with van der Waals surface area (Å²) >= 11 is 0. The summed E-state index contributed by atoms with van der Waals surface area (Å²) in [6, 6.07) is 14.8. The number of aromatic nitrogens is 1. The number of fused-ring (bicyclic) bond motifs is 1. The molecule has 0 saturated heterocycles. The SMILES string of the molecule is CCn1c(COc2ccc(C(F)(F)F)cc2)cc2ccccc21. The van der Waals surface area contributed by atoms with E-state index in [2.05, 4.69) is 4.57 Å². The smallest absolute Gasteiger partial charge is 0.416 e. The monoisotopic (exact) mass is 319 g/mol. The summed E-state index contributed by atoms with van der Waals surface area (Å²) in [5.74, 6) is 0.422. The summed E-state index contributed by atoms with van der Waals surface area (Å²) in [4.78, 5) is 0. The van der Waals surface area contributed by atoms with Gasteiger partial charge in [0, 0.05) is 12.1 Å². The van der Waals surface area contributed by atoms with Gasteiger partial charge in [0.25, 0.3) is 0 Å². The molecule has 0 radical (unpaired) electrons. The summed E-state index contributed by atoms with van der Waals surface area (Å²) in [5.41, 5.74) is 1.45. The minimum atomic E-state index is -4.33.